The van der Waals surface area contributed by atoms with Crippen LogP contribution in [0.5, 0.6) is 0 Å². The van der Waals surface area contributed by atoms with E-state index in [0.717, 1.165) is 16.6 Å². The summed E-state index contributed by atoms with van der Waals surface area (Å²) < 4.78 is 1.86. The van der Waals surface area contributed by atoms with Gasteiger partial charge in [0.2, 0.25) is 0 Å². The first-order valence-electron chi connectivity index (χ1n) is 5.80. The highest BCUT2D eigenvalue weighted by molar-refractivity contribution is 6.31. The van der Waals surface area contributed by atoms with Crippen LogP contribution in [0.3, 0.4) is 0 Å². The maximum atomic E-state index is 6.15. The molecule has 96 valence electrons. The lowest BCUT2D eigenvalue weighted by molar-refractivity contribution is 0.697. The Morgan fingerprint density at radius 2 is 2.05 bits per heavy atom. The molecule has 0 saturated heterocycles. The van der Waals surface area contributed by atoms with Gasteiger partial charge < -0.3 is 5.43 Å². The van der Waals surface area contributed by atoms with Gasteiger partial charge in [-0.25, -0.2) is 10.8 Å². The number of hydrogen-bond acceptors (Lipinski definition) is 4. The van der Waals surface area contributed by atoms with Crippen LogP contribution >= 0.6 is 11.6 Å². The van der Waals surface area contributed by atoms with Crippen molar-refractivity contribution in [1.29, 1.82) is 0 Å². The Bertz CT molecular complexity index is 722. The van der Waals surface area contributed by atoms with Crippen molar-refractivity contribution in [3.05, 3.63) is 53.3 Å². The van der Waals surface area contributed by atoms with E-state index in [1.807, 2.05) is 35.1 Å². The number of para-hydroxylation sites is 1. The molecule has 5 nitrogen and oxygen atoms in total. The van der Waals surface area contributed by atoms with Gasteiger partial charge in [-0.3, -0.25) is 4.68 Å². The van der Waals surface area contributed by atoms with Crippen LogP contribution in [0.25, 0.3) is 10.9 Å². The van der Waals surface area contributed by atoms with Crippen molar-refractivity contribution in [3.63, 3.8) is 0 Å². The molecule has 0 aliphatic carbocycles. The van der Waals surface area contributed by atoms with Crippen LogP contribution in [0.1, 0.15) is 5.69 Å². The summed E-state index contributed by atoms with van der Waals surface area (Å²) in [7, 11) is 0. The first-order valence-corrected chi connectivity index (χ1v) is 6.18. The fraction of sp³-hybridized carbons (Fsp3) is 0.0769. The average molecular weight is 274 g/mol. The summed E-state index contributed by atoms with van der Waals surface area (Å²) in [6.45, 7) is 0.502. The monoisotopic (exact) mass is 273 g/mol. The molecular weight excluding hydrogens is 262 g/mol. The topological polar surface area (TPSA) is 68.8 Å². The lowest BCUT2D eigenvalue weighted by Gasteiger charge is -2.07. The van der Waals surface area contributed by atoms with Crippen molar-refractivity contribution in [2.45, 2.75) is 6.54 Å². The summed E-state index contributed by atoms with van der Waals surface area (Å²) in [6.07, 6.45) is 1.83. The number of benzene rings is 1. The van der Waals surface area contributed by atoms with E-state index in [1.54, 1.807) is 12.1 Å². The number of rotatable bonds is 3. The number of aromatic nitrogens is 3. The molecule has 0 atom stereocenters. The first-order chi connectivity index (χ1) is 9.28. The average Bonchev–Trinajstić information content (AvgIpc) is 2.85. The van der Waals surface area contributed by atoms with Crippen molar-refractivity contribution in [2.75, 3.05) is 5.43 Å². The zero-order chi connectivity index (χ0) is 13.2. The van der Waals surface area contributed by atoms with Gasteiger partial charge in [0.05, 0.1) is 29.0 Å². The Morgan fingerprint density at radius 1 is 1.21 bits per heavy atom. The molecule has 0 spiro atoms. The number of nitrogen functional groups attached to an aromatic ring is 1. The Morgan fingerprint density at radius 3 is 2.89 bits per heavy atom. The van der Waals surface area contributed by atoms with E-state index >= 15 is 0 Å². The largest absolute Gasteiger partial charge is 0.308 e. The number of nitrogens with zero attached hydrogens (tertiary/aromatic N) is 3. The maximum Gasteiger partial charge on any atom is 0.140 e. The molecule has 0 radical (unpaired) electrons. The van der Waals surface area contributed by atoms with Gasteiger partial charge >= 0.3 is 0 Å². The molecular formula is C13H12ClN5. The van der Waals surface area contributed by atoms with E-state index in [2.05, 4.69) is 15.5 Å². The number of pyridine rings is 1. The van der Waals surface area contributed by atoms with Crippen molar-refractivity contribution < 1.29 is 0 Å². The second kappa shape index (κ2) is 4.87. The van der Waals surface area contributed by atoms with Crippen molar-refractivity contribution >= 4 is 28.3 Å². The van der Waals surface area contributed by atoms with Crippen LogP contribution in [-0.4, -0.2) is 14.8 Å². The van der Waals surface area contributed by atoms with Gasteiger partial charge in [-0.1, -0.05) is 29.8 Å². The number of fused-ring (bicyclic) bond motifs is 1. The molecule has 0 aliphatic heterocycles. The number of nitrogens with one attached hydrogen (secondary N) is 1. The summed E-state index contributed by atoms with van der Waals surface area (Å²) in [4.78, 5) is 4.34. The summed E-state index contributed by atoms with van der Waals surface area (Å²) in [5.74, 6) is 5.93. The molecule has 0 fully saturated rings. The van der Waals surface area contributed by atoms with Gasteiger partial charge in [0.15, 0.2) is 0 Å². The molecule has 3 N–H and O–H groups in total. The summed E-state index contributed by atoms with van der Waals surface area (Å²) >= 11 is 6.15. The lowest BCUT2D eigenvalue weighted by atomic mass is 10.2. The highest BCUT2D eigenvalue weighted by Crippen LogP contribution is 2.19. The second-order valence-electron chi connectivity index (χ2n) is 4.13. The fourth-order valence-electron chi connectivity index (χ4n) is 1.97. The lowest BCUT2D eigenvalue weighted by Crippen LogP contribution is -2.11. The smallest absolute Gasteiger partial charge is 0.140 e. The molecule has 0 amide bonds. The summed E-state index contributed by atoms with van der Waals surface area (Å²) in [5.41, 5.74) is 4.29. The minimum atomic E-state index is 0.502. The van der Waals surface area contributed by atoms with Crippen LogP contribution in [0, 0.1) is 0 Å². The van der Waals surface area contributed by atoms with Crippen molar-refractivity contribution in [3.8, 4) is 0 Å². The Kier molecular flexibility index (Phi) is 3.06. The standard InChI is InChI=1S/C13H12ClN5/c14-10-5-6-13(18-15)17-11(10)8-19-12-4-2-1-3-9(12)7-16-19/h1-7H,8,15H2,(H,17,18). The quantitative estimate of drug-likeness (QED) is 0.568. The van der Waals surface area contributed by atoms with Crippen LogP contribution in [0.15, 0.2) is 42.6 Å². The molecule has 6 heteroatoms. The molecule has 3 rings (SSSR count). The van der Waals surface area contributed by atoms with Gasteiger partial charge in [-0.15, -0.1) is 0 Å². The Balaban J connectivity index is 2.01. The minimum absolute atomic E-state index is 0.502. The molecule has 0 saturated carbocycles. The number of hydrazine groups is 1. The third-order valence-corrected chi connectivity index (χ3v) is 3.26. The van der Waals surface area contributed by atoms with E-state index in [1.165, 1.54) is 0 Å². The third-order valence-electron chi connectivity index (χ3n) is 2.92. The Labute approximate surface area is 115 Å². The molecule has 1 aromatic carbocycles. The van der Waals surface area contributed by atoms with Crippen LogP contribution in [0.2, 0.25) is 5.02 Å². The number of anilines is 1. The predicted molar refractivity (Wildman–Crippen MR) is 75.9 cm³/mol. The van der Waals surface area contributed by atoms with E-state index in [9.17, 15) is 0 Å². The van der Waals surface area contributed by atoms with E-state index in [-0.39, 0.29) is 0 Å². The van der Waals surface area contributed by atoms with E-state index in [4.69, 9.17) is 17.4 Å². The fourth-order valence-corrected chi connectivity index (χ4v) is 2.13. The van der Waals surface area contributed by atoms with E-state index < -0.39 is 0 Å². The third kappa shape index (κ3) is 2.25. The highest BCUT2D eigenvalue weighted by Gasteiger charge is 2.07. The number of halogens is 1. The summed E-state index contributed by atoms with van der Waals surface area (Å²) in [5, 5.41) is 6.04. The van der Waals surface area contributed by atoms with Crippen molar-refractivity contribution in [1.82, 2.24) is 14.8 Å². The first kappa shape index (κ1) is 12.0. The SMILES string of the molecule is NNc1ccc(Cl)c(Cn2ncc3ccccc32)n1. The van der Waals surface area contributed by atoms with Crippen LogP contribution in [-0.2, 0) is 6.54 Å². The molecule has 3 aromatic rings. The molecule has 19 heavy (non-hydrogen) atoms. The van der Waals surface area contributed by atoms with Gasteiger partial charge in [0.25, 0.3) is 0 Å². The molecule has 0 aliphatic rings. The van der Waals surface area contributed by atoms with Gasteiger partial charge in [0.1, 0.15) is 5.82 Å². The van der Waals surface area contributed by atoms with E-state index in [0.29, 0.717) is 17.4 Å². The van der Waals surface area contributed by atoms with Gasteiger partial charge in [0, 0.05) is 5.39 Å². The highest BCUT2D eigenvalue weighted by atomic mass is 35.5. The zero-order valence-electron chi connectivity index (χ0n) is 10.0. The Hall–Kier alpha value is -2.11. The van der Waals surface area contributed by atoms with Gasteiger partial charge in [-0.05, 0) is 18.2 Å². The molecule has 0 unspecified atom stereocenters. The predicted octanol–water partition coefficient (Wildman–Crippen LogP) is 2.42. The van der Waals surface area contributed by atoms with Gasteiger partial charge in [-0.2, -0.15) is 5.10 Å². The number of hydrogen-bond donors (Lipinski definition) is 2. The molecule has 2 aromatic heterocycles. The zero-order valence-corrected chi connectivity index (χ0v) is 10.8. The van der Waals surface area contributed by atoms with Crippen LogP contribution in [0.4, 0.5) is 5.82 Å². The summed E-state index contributed by atoms with van der Waals surface area (Å²) in [6, 6.07) is 11.5. The second-order valence-corrected chi connectivity index (χ2v) is 4.54. The number of nitrogens with two attached hydrogens (primary N) is 1. The molecule has 2 heterocycles. The normalized spacial score (nSPS) is 10.8. The molecule has 0 bridgehead atoms. The maximum absolute atomic E-state index is 6.15. The minimum Gasteiger partial charge on any atom is -0.308 e. The van der Waals surface area contributed by atoms with Crippen molar-refractivity contribution in [2.24, 2.45) is 5.84 Å². The van der Waals surface area contributed by atoms with Crippen LogP contribution < -0.4 is 11.3 Å².